The number of benzene rings is 6. The van der Waals surface area contributed by atoms with Crippen molar-refractivity contribution in [2.45, 2.75) is 69.6 Å². The van der Waals surface area contributed by atoms with Crippen molar-refractivity contribution < 1.29 is 0 Å². The van der Waals surface area contributed by atoms with Gasteiger partial charge in [0.25, 0.3) is 0 Å². The van der Waals surface area contributed by atoms with E-state index in [2.05, 4.69) is 171 Å². The monoisotopic (exact) mass is 712 g/mol. The molecule has 0 aliphatic heterocycles. The van der Waals surface area contributed by atoms with Crippen LogP contribution in [-0.2, 0) is 16.2 Å². The van der Waals surface area contributed by atoms with Gasteiger partial charge in [0.2, 0.25) is 0 Å². The van der Waals surface area contributed by atoms with E-state index in [1.807, 2.05) is 0 Å². The maximum atomic E-state index is 2.68. The number of hydrogen-bond donors (Lipinski definition) is 0. The fourth-order valence-electron chi connectivity index (χ4n) is 14.3. The van der Waals surface area contributed by atoms with Crippen LogP contribution < -0.4 is 4.90 Å². The Kier molecular flexibility index (Phi) is 5.78. The largest absolute Gasteiger partial charge is 0.310 e. The molecule has 0 saturated heterocycles. The van der Waals surface area contributed by atoms with Gasteiger partial charge in [-0.1, -0.05) is 113 Å². The lowest BCUT2D eigenvalue weighted by Crippen LogP contribution is -2.40. The van der Waals surface area contributed by atoms with Gasteiger partial charge in [-0.25, -0.2) is 0 Å². The van der Waals surface area contributed by atoms with Gasteiger partial charge in [-0.3, -0.25) is 0 Å². The average Bonchev–Trinajstić information content (AvgIpc) is 3.33. The van der Waals surface area contributed by atoms with Gasteiger partial charge in [0, 0.05) is 33.1 Å². The molecule has 2 nitrogen and oxygen atoms in total. The van der Waals surface area contributed by atoms with Gasteiger partial charge in [0.05, 0.1) is 22.4 Å². The van der Waals surface area contributed by atoms with E-state index < -0.39 is 0 Å². The van der Waals surface area contributed by atoms with Crippen molar-refractivity contribution >= 4 is 38.9 Å². The fraction of sp³-hybridized carbons (Fsp3) is 0.321. The number of fused-ring (bicyclic) bond motifs is 11. The number of rotatable bonds is 4. The molecular weight excluding hydrogens is 665 g/mol. The maximum absolute atomic E-state index is 2.68. The van der Waals surface area contributed by atoms with Gasteiger partial charge >= 0.3 is 0 Å². The Hall–Kier alpha value is -5.08. The van der Waals surface area contributed by atoms with Crippen molar-refractivity contribution in [1.82, 2.24) is 4.57 Å². The van der Waals surface area contributed by atoms with Crippen LogP contribution in [0.25, 0.3) is 38.6 Å². The van der Waals surface area contributed by atoms with Gasteiger partial charge < -0.3 is 9.47 Å². The Labute approximate surface area is 324 Å². The summed E-state index contributed by atoms with van der Waals surface area (Å²) in [5, 5.41) is 2.60. The van der Waals surface area contributed by atoms with E-state index in [1.165, 1.54) is 92.5 Å². The van der Waals surface area contributed by atoms with Crippen molar-refractivity contribution in [3.8, 4) is 16.8 Å². The zero-order valence-corrected chi connectivity index (χ0v) is 32.4. The fourth-order valence-corrected chi connectivity index (χ4v) is 14.3. The molecule has 13 rings (SSSR count). The first-order valence-corrected chi connectivity index (χ1v) is 21.1. The van der Waals surface area contributed by atoms with Crippen LogP contribution in [0, 0.1) is 35.5 Å². The third-order valence-corrected chi connectivity index (χ3v) is 16.3. The molecule has 0 radical (unpaired) electrons. The van der Waals surface area contributed by atoms with E-state index in [4.69, 9.17) is 0 Å². The van der Waals surface area contributed by atoms with Gasteiger partial charge in [-0.2, -0.15) is 0 Å². The zero-order chi connectivity index (χ0) is 36.6. The highest BCUT2D eigenvalue weighted by atomic mass is 15.2. The summed E-state index contributed by atoms with van der Waals surface area (Å²) in [6.07, 6.45) is 5.25. The molecule has 0 N–H and O–H groups in total. The van der Waals surface area contributed by atoms with Crippen LogP contribution in [0.15, 0.2) is 133 Å². The lowest BCUT2D eigenvalue weighted by molar-refractivity contribution is 0.213. The number of para-hydroxylation sites is 2. The van der Waals surface area contributed by atoms with Crippen LogP contribution in [0.2, 0.25) is 0 Å². The first-order valence-electron chi connectivity index (χ1n) is 21.1. The zero-order valence-electron chi connectivity index (χ0n) is 32.4. The minimum atomic E-state index is 0.0478. The van der Waals surface area contributed by atoms with Gasteiger partial charge in [0.15, 0.2) is 0 Å². The summed E-state index contributed by atoms with van der Waals surface area (Å²) >= 11 is 0. The highest BCUT2D eigenvalue weighted by molar-refractivity contribution is 6.09. The molecule has 0 amide bonds. The van der Waals surface area contributed by atoms with Crippen molar-refractivity contribution in [3.63, 3.8) is 0 Å². The minimum absolute atomic E-state index is 0.0478. The quantitative estimate of drug-likeness (QED) is 0.176. The van der Waals surface area contributed by atoms with Crippen molar-refractivity contribution in [1.29, 1.82) is 0 Å². The van der Waals surface area contributed by atoms with Crippen LogP contribution >= 0.6 is 0 Å². The molecule has 6 aliphatic carbocycles. The predicted octanol–water partition coefficient (Wildman–Crippen LogP) is 13.4. The second-order valence-electron chi connectivity index (χ2n) is 19.5. The Morgan fingerprint density at radius 3 is 1.80 bits per heavy atom. The number of nitrogens with zero attached hydrogens (tertiary/aromatic N) is 2. The van der Waals surface area contributed by atoms with E-state index in [9.17, 15) is 0 Å². The molecule has 2 heteroatoms. The van der Waals surface area contributed by atoms with E-state index in [-0.39, 0.29) is 16.2 Å². The minimum Gasteiger partial charge on any atom is -0.310 e. The van der Waals surface area contributed by atoms with E-state index in [0.29, 0.717) is 0 Å². The van der Waals surface area contributed by atoms with Crippen LogP contribution in [0.4, 0.5) is 17.1 Å². The molecule has 1 spiro atoms. The third-order valence-electron chi connectivity index (χ3n) is 16.3. The van der Waals surface area contributed by atoms with E-state index in [1.54, 1.807) is 11.1 Å². The normalized spacial score (nSPS) is 29.2. The van der Waals surface area contributed by atoms with Crippen LogP contribution in [-0.4, -0.2) is 4.57 Å². The summed E-state index contributed by atoms with van der Waals surface area (Å²) in [6, 6.07) is 51.5. The standard InChI is InChI=1S/C53H48N2/c1-51(2)27-28-52(3,4)50-39(51)18-12-22-45(50)55(33-25-23-32(24-26-33)54-42-19-9-6-13-34(42)35-14-7-10-20-43(35)54)44-21-11-17-38-47(44)36-15-5-8-16-37(36)53(38)40-29-31-30-41(53)49-46(31)48(40)49/h5-26,31,40-41,46,48-49H,27-30H2,1-4H3. The van der Waals surface area contributed by atoms with Gasteiger partial charge in [-0.05, 0) is 148 Å². The molecule has 4 fully saturated rings. The summed E-state index contributed by atoms with van der Waals surface area (Å²) in [7, 11) is 0. The van der Waals surface area contributed by atoms with Crippen LogP contribution in [0.3, 0.4) is 0 Å². The summed E-state index contributed by atoms with van der Waals surface area (Å²) in [5.74, 6) is 5.53. The van der Waals surface area contributed by atoms with Crippen molar-refractivity contribution in [2.75, 3.05) is 4.90 Å². The topological polar surface area (TPSA) is 8.17 Å². The maximum Gasteiger partial charge on any atom is 0.0543 e. The lowest BCUT2D eigenvalue weighted by atomic mass is 9.60. The predicted molar refractivity (Wildman–Crippen MR) is 227 cm³/mol. The summed E-state index contributed by atoms with van der Waals surface area (Å²) < 4.78 is 2.45. The molecule has 4 atom stereocenters. The van der Waals surface area contributed by atoms with Crippen molar-refractivity contribution in [3.05, 3.63) is 156 Å². The SMILES string of the molecule is CC1(C)CCC(C)(C)c2c(N(c3ccc(-n4c5ccccc5c5ccccc54)cc3)c3cccc4c3-c3ccccc3C43C4CC5CC3C3C5C34)cccc21. The molecule has 1 aromatic heterocycles. The molecule has 270 valence electrons. The number of hydrogen-bond acceptors (Lipinski definition) is 1. The molecular formula is C53H48N2. The second kappa shape index (κ2) is 10.2. The van der Waals surface area contributed by atoms with Gasteiger partial charge in [0.1, 0.15) is 0 Å². The van der Waals surface area contributed by atoms with Crippen LogP contribution in [0.1, 0.15) is 75.6 Å². The molecule has 6 aliphatic rings. The highest BCUT2D eigenvalue weighted by Crippen LogP contribution is 2.87. The Balaban J connectivity index is 1.06. The second-order valence-corrected chi connectivity index (χ2v) is 19.5. The molecule has 4 unspecified atom stereocenters. The summed E-state index contributed by atoms with van der Waals surface area (Å²) in [4.78, 5) is 2.68. The third kappa shape index (κ3) is 3.69. The average molecular weight is 713 g/mol. The first kappa shape index (κ1) is 31.2. The van der Waals surface area contributed by atoms with E-state index >= 15 is 0 Å². The molecule has 6 aromatic carbocycles. The van der Waals surface area contributed by atoms with E-state index in [0.717, 1.165) is 35.5 Å². The molecule has 55 heavy (non-hydrogen) atoms. The van der Waals surface area contributed by atoms with Crippen molar-refractivity contribution in [2.24, 2.45) is 35.5 Å². The molecule has 7 aromatic rings. The summed E-state index contributed by atoms with van der Waals surface area (Å²) in [5.41, 5.74) is 17.2. The first-order chi connectivity index (χ1) is 26.8. The summed E-state index contributed by atoms with van der Waals surface area (Å²) in [6.45, 7) is 9.90. The molecule has 0 bridgehead atoms. The highest BCUT2D eigenvalue weighted by Gasteiger charge is 2.83. The molecule has 4 saturated carbocycles. The Morgan fingerprint density at radius 1 is 0.527 bits per heavy atom. The van der Waals surface area contributed by atoms with Gasteiger partial charge in [-0.15, -0.1) is 0 Å². The number of aromatic nitrogens is 1. The Bertz CT molecular complexity index is 2710. The lowest BCUT2D eigenvalue weighted by Gasteiger charge is -2.45. The molecule has 1 heterocycles. The Morgan fingerprint density at radius 2 is 1.11 bits per heavy atom. The van der Waals surface area contributed by atoms with Crippen LogP contribution in [0.5, 0.6) is 0 Å². The number of anilines is 3. The smallest absolute Gasteiger partial charge is 0.0543 e.